The molecule has 0 bridgehead atoms. The fourth-order valence-electron chi connectivity index (χ4n) is 2.00. The highest BCUT2D eigenvalue weighted by atomic mass is 15.1. The maximum atomic E-state index is 5.37. The highest BCUT2D eigenvalue weighted by Crippen LogP contribution is 2.11. The molecule has 0 aromatic carbocycles. The lowest BCUT2D eigenvalue weighted by Gasteiger charge is -2.32. The lowest BCUT2D eigenvalue weighted by atomic mass is 10.0. The zero-order chi connectivity index (χ0) is 12.0. The summed E-state index contributed by atoms with van der Waals surface area (Å²) >= 11 is 0. The van der Waals surface area contributed by atoms with Crippen LogP contribution in [0.25, 0.3) is 0 Å². The maximum absolute atomic E-state index is 5.37. The minimum atomic E-state index is 0.203. The van der Waals surface area contributed by atoms with E-state index in [1.54, 1.807) is 0 Å². The van der Waals surface area contributed by atoms with Crippen LogP contribution in [0.3, 0.4) is 0 Å². The van der Waals surface area contributed by atoms with Gasteiger partial charge in [0.05, 0.1) is 6.04 Å². The summed E-state index contributed by atoms with van der Waals surface area (Å²) in [4.78, 5) is 2.51. The molecule has 1 unspecified atom stereocenters. The fraction of sp³-hybridized carbons (Fsp3) is 0.714. The smallest absolute Gasteiger partial charge is 0.0660 e. The van der Waals surface area contributed by atoms with Crippen LogP contribution >= 0.6 is 0 Å². The van der Waals surface area contributed by atoms with E-state index in [0.717, 1.165) is 6.54 Å². The standard InChI is InChI=1S/C14H24N2/c1-5-13(4)15-14-7-10-16(11-8-14)9-6-12(2)3/h1,6,13-15H,7-11H2,2-4H3. The van der Waals surface area contributed by atoms with Crippen LogP contribution in [0.5, 0.6) is 0 Å². The molecule has 1 aliphatic heterocycles. The van der Waals surface area contributed by atoms with Gasteiger partial charge in [-0.05, 0) is 46.7 Å². The zero-order valence-corrected chi connectivity index (χ0v) is 10.8. The van der Waals surface area contributed by atoms with Gasteiger partial charge in [0.15, 0.2) is 0 Å². The van der Waals surface area contributed by atoms with Gasteiger partial charge in [0.2, 0.25) is 0 Å². The van der Waals surface area contributed by atoms with E-state index in [1.807, 2.05) is 0 Å². The van der Waals surface area contributed by atoms with Gasteiger partial charge in [-0.15, -0.1) is 6.42 Å². The highest BCUT2D eigenvalue weighted by Gasteiger charge is 2.18. The molecule has 90 valence electrons. The molecule has 1 heterocycles. The number of nitrogens with one attached hydrogen (secondary N) is 1. The molecule has 0 radical (unpaired) electrons. The largest absolute Gasteiger partial charge is 0.301 e. The normalized spacial score (nSPS) is 20.1. The number of nitrogens with zero attached hydrogens (tertiary/aromatic N) is 1. The molecular weight excluding hydrogens is 196 g/mol. The molecule has 0 aliphatic carbocycles. The van der Waals surface area contributed by atoms with E-state index in [0.29, 0.717) is 6.04 Å². The number of rotatable bonds is 4. The lowest BCUT2D eigenvalue weighted by molar-refractivity contribution is 0.212. The Labute approximate surface area is 100 Å². The van der Waals surface area contributed by atoms with E-state index in [4.69, 9.17) is 6.42 Å². The van der Waals surface area contributed by atoms with Gasteiger partial charge in [-0.1, -0.05) is 17.6 Å². The average molecular weight is 220 g/mol. The Morgan fingerprint density at radius 3 is 2.62 bits per heavy atom. The molecule has 0 saturated carbocycles. The second-order valence-corrected chi connectivity index (χ2v) is 4.91. The Bertz CT molecular complexity index is 263. The first kappa shape index (κ1) is 13.3. The van der Waals surface area contributed by atoms with Crippen LogP contribution in [0, 0.1) is 12.3 Å². The van der Waals surface area contributed by atoms with Crippen molar-refractivity contribution in [3.63, 3.8) is 0 Å². The first-order chi connectivity index (χ1) is 7.61. The molecule has 1 fully saturated rings. The van der Waals surface area contributed by atoms with E-state index in [-0.39, 0.29) is 6.04 Å². The molecule has 1 aliphatic rings. The number of hydrogen-bond donors (Lipinski definition) is 1. The summed E-state index contributed by atoms with van der Waals surface area (Å²) in [5.74, 6) is 2.73. The Morgan fingerprint density at radius 1 is 1.50 bits per heavy atom. The van der Waals surface area contributed by atoms with Gasteiger partial charge in [-0.2, -0.15) is 0 Å². The van der Waals surface area contributed by atoms with Gasteiger partial charge < -0.3 is 5.32 Å². The minimum Gasteiger partial charge on any atom is -0.301 e. The molecular formula is C14H24N2. The summed E-state index contributed by atoms with van der Waals surface area (Å²) < 4.78 is 0. The third-order valence-corrected chi connectivity index (χ3v) is 3.08. The molecule has 0 amide bonds. The van der Waals surface area contributed by atoms with E-state index in [1.165, 1.54) is 31.5 Å². The summed E-state index contributed by atoms with van der Waals surface area (Å²) in [5, 5.41) is 3.48. The number of terminal acetylenes is 1. The monoisotopic (exact) mass is 220 g/mol. The molecule has 2 nitrogen and oxygen atoms in total. The molecule has 16 heavy (non-hydrogen) atoms. The second-order valence-electron chi connectivity index (χ2n) is 4.91. The maximum Gasteiger partial charge on any atom is 0.0660 e. The summed E-state index contributed by atoms with van der Waals surface area (Å²) in [6.45, 7) is 9.82. The van der Waals surface area contributed by atoms with Gasteiger partial charge in [0, 0.05) is 12.6 Å². The Balaban J connectivity index is 2.24. The van der Waals surface area contributed by atoms with Crippen molar-refractivity contribution < 1.29 is 0 Å². The highest BCUT2D eigenvalue weighted by molar-refractivity contribution is 4.98. The number of hydrogen-bond acceptors (Lipinski definition) is 2. The molecule has 1 saturated heterocycles. The van der Waals surface area contributed by atoms with E-state index >= 15 is 0 Å². The number of likely N-dealkylation sites (tertiary alicyclic amines) is 1. The van der Waals surface area contributed by atoms with E-state index < -0.39 is 0 Å². The number of piperidine rings is 1. The predicted molar refractivity (Wildman–Crippen MR) is 70.3 cm³/mol. The summed E-state index contributed by atoms with van der Waals surface area (Å²) in [7, 11) is 0. The van der Waals surface area contributed by atoms with Crippen molar-refractivity contribution in [3.8, 4) is 12.3 Å². The predicted octanol–water partition coefficient (Wildman–Crippen LogP) is 2.03. The summed E-state index contributed by atoms with van der Waals surface area (Å²) in [5.41, 5.74) is 1.40. The topological polar surface area (TPSA) is 15.3 Å². The van der Waals surface area contributed by atoms with Crippen LogP contribution in [-0.4, -0.2) is 36.6 Å². The minimum absolute atomic E-state index is 0.203. The SMILES string of the molecule is C#CC(C)NC1CCN(CC=C(C)C)CC1. The Morgan fingerprint density at radius 2 is 2.12 bits per heavy atom. The van der Waals surface area contributed by atoms with Gasteiger partial charge in [-0.3, -0.25) is 4.90 Å². The van der Waals surface area contributed by atoms with Gasteiger partial charge >= 0.3 is 0 Å². The van der Waals surface area contributed by atoms with Crippen LogP contribution in [0.1, 0.15) is 33.6 Å². The quantitative estimate of drug-likeness (QED) is 0.576. The third-order valence-electron chi connectivity index (χ3n) is 3.08. The molecule has 2 heteroatoms. The zero-order valence-electron chi connectivity index (χ0n) is 10.8. The first-order valence-corrected chi connectivity index (χ1v) is 6.19. The van der Waals surface area contributed by atoms with Gasteiger partial charge in [-0.25, -0.2) is 0 Å². The van der Waals surface area contributed by atoms with Gasteiger partial charge in [0.25, 0.3) is 0 Å². The van der Waals surface area contributed by atoms with Crippen LogP contribution in [0.15, 0.2) is 11.6 Å². The van der Waals surface area contributed by atoms with Crippen LogP contribution in [-0.2, 0) is 0 Å². The fourth-order valence-corrected chi connectivity index (χ4v) is 2.00. The van der Waals surface area contributed by atoms with Crippen molar-refractivity contribution in [3.05, 3.63) is 11.6 Å². The van der Waals surface area contributed by atoms with Crippen molar-refractivity contribution >= 4 is 0 Å². The van der Waals surface area contributed by atoms with Crippen molar-refractivity contribution in [2.24, 2.45) is 0 Å². The molecule has 1 atom stereocenters. The Hall–Kier alpha value is -0.780. The third kappa shape index (κ3) is 4.83. The van der Waals surface area contributed by atoms with Crippen molar-refractivity contribution in [1.82, 2.24) is 10.2 Å². The molecule has 1 N–H and O–H groups in total. The molecule has 0 aromatic heterocycles. The molecule has 0 aromatic rings. The summed E-state index contributed by atoms with van der Waals surface area (Å²) in [6, 6.07) is 0.809. The van der Waals surface area contributed by atoms with Crippen LogP contribution < -0.4 is 5.32 Å². The van der Waals surface area contributed by atoms with Crippen molar-refractivity contribution in [1.29, 1.82) is 0 Å². The molecule has 1 rings (SSSR count). The van der Waals surface area contributed by atoms with E-state index in [2.05, 4.69) is 43.0 Å². The van der Waals surface area contributed by atoms with Gasteiger partial charge in [0.1, 0.15) is 0 Å². The molecule has 0 spiro atoms. The van der Waals surface area contributed by atoms with Crippen molar-refractivity contribution in [2.75, 3.05) is 19.6 Å². The van der Waals surface area contributed by atoms with Crippen LogP contribution in [0.2, 0.25) is 0 Å². The summed E-state index contributed by atoms with van der Waals surface area (Å²) in [6.07, 6.45) is 10.1. The second kappa shape index (κ2) is 6.73. The number of allylic oxidation sites excluding steroid dienone is 1. The van der Waals surface area contributed by atoms with Crippen LogP contribution in [0.4, 0.5) is 0 Å². The average Bonchev–Trinajstić information content (AvgIpc) is 2.28. The van der Waals surface area contributed by atoms with E-state index in [9.17, 15) is 0 Å². The lowest BCUT2D eigenvalue weighted by Crippen LogP contribution is -2.45. The van der Waals surface area contributed by atoms with Crippen molar-refractivity contribution in [2.45, 2.75) is 45.7 Å². The first-order valence-electron chi connectivity index (χ1n) is 6.19. The Kier molecular flexibility index (Phi) is 5.59.